The molecular formula is C15H19NO2. The molecule has 1 aromatic carbocycles. The van der Waals surface area contributed by atoms with Gasteiger partial charge in [0.25, 0.3) is 0 Å². The van der Waals surface area contributed by atoms with E-state index in [-0.39, 0.29) is 11.7 Å². The van der Waals surface area contributed by atoms with Gasteiger partial charge in [0, 0.05) is 13.0 Å². The number of carbonyl (C=O) groups is 2. The summed E-state index contributed by atoms with van der Waals surface area (Å²) in [6, 6.07) is 10.0. The predicted octanol–water partition coefficient (Wildman–Crippen LogP) is 2.10. The van der Waals surface area contributed by atoms with Crippen LogP contribution >= 0.6 is 0 Å². The summed E-state index contributed by atoms with van der Waals surface area (Å²) in [5, 5.41) is 2.87. The molecule has 0 bridgehead atoms. The molecule has 96 valence electrons. The highest BCUT2D eigenvalue weighted by Gasteiger charge is 2.28. The summed E-state index contributed by atoms with van der Waals surface area (Å²) in [4.78, 5) is 23.5. The molecule has 1 fully saturated rings. The third-order valence-electron chi connectivity index (χ3n) is 3.43. The molecule has 1 N–H and O–H groups in total. The van der Waals surface area contributed by atoms with Crippen LogP contribution in [0, 0.1) is 5.92 Å². The van der Waals surface area contributed by atoms with Crippen LogP contribution in [-0.4, -0.2) is 18.2 Å². The van der Waals surface area contributed by atoms with E-state index in [1.165, 1.54) is 5.56 Å². The van der Waals surface area contributed by atoms with Gasteiger partial charge in [-0.05, 0) is 24.8 Å². The maximum Gasteiger partial charge on any atom is 0.230 e. The smallest absolute Gasteiger partial charge is 0.230 e. The summed E-state index contributed by atoms with van der Waals surface area (Å²) >= 11 is 0. The molecule has 2 rings (SSSR count). The van der Waals surface area contributed by atoms with Crippen LogP contribution in [0.4, 0.5) is 0 Å². The molecule has 1 aliphatic rings. The van der Waals surface area contributed by atoms with Gasteiger partial charge >= 0.3 is 0 Å². The highest BCUT2D eigenvalue weighted by atomic mass is 16.2. The number of benzene rings is 1. The first-order valence-electron chi connectivity index (χ1n) is 6.62. The third kappa shape index (κ3) is 3.42. The van der Waals surface area contributed by atoms with E-state index < -0.39 is 5.92 Å². The molecule has 1 aromatic rings. The first-order chi connectivity index (χ1) is 8.77. The van der Waals surface area contributed by atoms with Gasteiger partial charge in [0.2, 0.25) is 5.91 Å². The highest BCUT2D eigenvalue weighted by Crippen LogP contribution is 2.20. The number of hydrogen-bond acceptors (Lipinski definition) is 2. The summed E-state index contributed by atoms with van der Waals surface area (Å²) < 4.78 is 0. The molecule has 0 aliphatic heterocycles. The molecule has 0 radical (unpaired) electrons. The fraction of sp³-hybridized carbons (Fsp3) is 0.467. The van der Waals surface area contributed by atoms with Crippen molar-refractivity contribution < 1.29 is 9.59 Å². The SMILES string of the molecule is O=C1CCCCC1C(=O)NCCc1ccccc1. The van der Waals surface area contributed by atoms with Crippen LogP contribution in [-0.2, 0) is 16.0 Å². The summed E-state index contributed by atoms with van der Waals surface area (Å²) in [5.41, 5.74) is 1.20. The van der Waals surface area contributed by atoms with Crippen LogP contribution < -0.4 is 5.32 Å². The normalized spacial score (nSPS) is 19.6. The second kappa shape index (κ2) is 6.34. The minimum atomic E-state index is -0.394. The van der Waals surface area contributed by atoms with Crippen LogP contribution in [0.2, 0.25) is 0 Å². The van der Waals surface area contributed by atoms with Crippen molar-refractivity contribution in [1.29, 1.82) is 0 Å². The Morgan fingerprint density at radius 2 is 2.00 bits per heavy atom. The lowest BCUT2D eigenvalue weighted by molar-refractivity contribution is -0.135. The Hall–Kier alpha value is -1.64. The van der Waals surface area contributed by atoms with Crippen molar-refractivity contribution in [1.82, 2.24) is 5.32 Å². The summed E-state index contributed by atoms with van der Waals surface area (Å²) in [5.74, 6) is -0.372. The van der Waals surface area contributed by atoms with Gasteiger partial charge in [-0.2, -0.15) is 0 Å². The molecule has 3 heteroatoms. The molecule has 1 unspecified atom stereocenters. The van der Waals surface area contributed by atoms with Crippen LogP contribution in [0.15, 0.2) is 30.3 Å². The number of rotatable bonds is 4. The zero-order valence-electron chi connectivity index (χ0n) is 10.5. The lowest BCUT2D eigenvalue weighted by Gasteiger charge is -2.19. The van der Waals surface area contributed by atoms with E-state index in [0.29, 0.717) is 13.0 Å². The van der Waals surface area contributed by atoms with Crippen LogP contribution in [0.1, 0.15) is 31.2 Å². The van der Waals surface area contributed by atoms with Crippen molar-refractivity contribution in [2.45, 2.75) is 32.1 Å². The second-order valence-electron chi connectivity index (χ2n) is 4.79. The van der Waals surface area contributed by atoms with Gasteiger partial charge in [0.15, 0.2) is 0 Å². The van der Waals surface area contributed by atoms with E-state index in [2.05, 4.69) is 5.32 Å². The quantitative estimate of drug-likeness (QED) is 0.826. The Kier molecular flexibility index (Phi) is 4.51. The van der Waals surface area contributed by atoms with Crippen molar-refractivity contribution in [3.8, 4) is 0 Å². The standard InChI is InChI=1S/C15H19NO2/c17-14-9-5-4-8-13(14)15(18)16-11-10-12-6-2-1-3-7-12/h1-3,6-7,13H,4-5,8-11H2,(H,16,18). The summed E-state index contributed by atoms with van der Waals surface area (Å²) in [6.07, 6.45) is 4.02. The van der Waals surface area contributed by atoms with Gasteiger partial charge in [-0.25, -0.2) is 0 Å². The van der Waals surface area contributed by atoms with Gasteiger partial charge in [-0.1, -0.05) is 36.8 Å². The fourth-order valence-electron chi connectivity index (χ4n) is 2.36. The van der Waals surface area contributed by atoms with E-state index >= 15 is 0 Å². The van der Waals surface area contributed by atoms with Crippen molar-refractivity contribution in [3.05, 3.63) is 35.9 Å². The average Bonchev–Trinajstić information content (AvgIpc) is 2.40. The maximum atomic E-state index is 11.9. The Labute approximate surface area is 108 Å². The van der Waals surface area contributed by atoms with E-state index in [1.54, 1.807) is 0 Å². The Morgan fingerprint density at radius 3 is 2.72 bits per heavy atom. The minimum absolute atomic E-state index is 0.0874. The lowest BCUT2D eigenvalue weighted by Crippen LogP contribution is -2.37. The number of carbonyl (C=O) groups excluding carboxylic acids is 2. The summed E-state index contributed by atoms with van der Waals surface area (Å²) in [6.45, 7) is 0.604. The maximum absolute atomic E-state index is 11.9. The molecule has 1 atom stereocenters. The molecular weight excluding hydrogens is 226 g/mol. The average molecular weight is 245 g/mol. The molecule has 0 heterocycles. The Bertz CT molecular complexity index is 414. The largest absolute Gasteiger partial charge is 0.355 e. The molecule has 1 saturated carbocycles. The zero-order chi connectivity index (χ0) is 12.8. The number of ketones is 1. The lowest BCUT2D eigenvalue weighted by atomic mass is 9.87. The highest BCUT2D eigenvalue weighted by molar-refractivity contribution is 6.01. The Balaban J connectivity index is 1.76. The van der Waals surface area contributed by atoms with E-state index in [4.69, 9.17) is 0 Å². The van der Waals surface area contributed by atoms with Crippen LogP contribution in [0.25, 0.3) is 0 Å². The number of nitrogens with one attached hydrogen (secondary N) is 1. The van der Waals surface area contributed by atoms with Crippen LogP contribution in [0.5, 0.6) is 0 Å². The molecule has 0 aromatic heterocycles. The molecule has 3 nitrogen and oxygen atoms in total. The van der Waals surface area contributed by atoms with Crippen molar-refractivity contribution in [2.75, 3.05) is 6.54 Å². The zero-order valence-corrected chi connectivity index (χ0v) is 10.5. The second-order valence-corrected chi connectivity index (χ2v) is 4.79. The third-order valence-corrected chi connectivity index (χ3v) is 3.43. The van der Waals surface area contributed by atoms with E-state index in [1.807, 2.05) is 30.3 Å². The van der Waals surface area contributed by atoms with Gasteiger partial charge in [-0.15, -0.1) is 0 Å². The fourth-order valence-corrected chi connectivity index (χ4v) is 2.36. The number of hydrogen-bond donors (Lipinski definition) is 1. The van der Waals surface area contributed by atoms with Gasteiger partial charge < -0.3 is 5.32 Å². The van der Waals surface area contributed by atoms with E-state index in [9.17, 15) is 9.59 Å². The predicted molar refractivity (Wildman–Crippen MR) is 70.1 cm³/mol. The minimum Gasteiger partial charge on any atom is -0.355 e. The summed E-state index contributed by atoms with van der Waals surface area (Å²) in [7, 11) is 0. The topological polar surface area (TPSA) is 46.2 Å². The van der Waals surface area contributed by atoms with Gasteiger partial charge in [0.1, 0.15) is 5.78 Å². The van der Waals surface area contributed by atoms with Crippen molar-refractivity contribution >= 4 is 11.7 Å². The van der Waals surface area contributed by atoms with Gasteiger partial charge in [0.05, 0.1) is 5.92 Å². The molecule has 0 saturated heterocycles. The van der Waals surface area contributed by atoms with Crippen molar-refractivity contribution in [3.63, 3.8) is 0 Å². The molecule has 0 spiro atoms. The first kappa shape index (κ1) is 12.8. The molecule has 18 heavy (non-hydrogen) atoms. The Morgan fingerprint density at radius 1 is 1.22 bits per heavy atom. The van der Waals surface area contributed by atoms with Gasteiger partial charge in [-0.3, -0.25) is 9.59 Å². The number of Topliss-reactive ketones (excluding diaryl/α,β-unsaturated/α-hetero) is 1. The van der Waals surface area contributed by atoms with Crippen molar-refractivity contribution in [2.24, 2.45) is 5.92 Å². The molecule has 1 aliphatic carbocycles. The molecule has 1 amide bonds. The van der Waals surface area contributed by atoms with Crippen LogP contribution in [0.3, 0.4) is 0 Å². The monoisotopic (exact) mass is 245 g/mol. The first-order valence-corrected chi connectivity index (χ1v) is 6.62. The number of amides is 1. The van der Waals surface area contributed by atoms with E-state index in [0.717, 1.165) is 25.7 Å².